The topological polar surface area (TPSA) is 126 Å². The maximum absolute atomic E-state index is 13.1. The molecule has 0 radical (unpaired) electrons. The fourth-order valence-corrected chi connectivity index (χ4v) is 5.67. The van der Waals surface area contributed by atoms with Gasteiger partial charge >= 0.3 is 5.63 Å². The highest BCUT2D eigenvalue weighted by atomic mass is 16.4. The van der Waals surface area contributed by atoms with Gasteiger partial charge < -0.3 is 19.5 Å². The molecule has 4 heterocycles. The van der Waals surface area contributed by atoms with Crippen molar-refractivity contribution in [2.45, 2.75) is 33.5 Å². The molecule has 0 saturated carbocycles. The van der Waals surface area contributed by atoms with Crippen LogP contribution in [0.5, 0.6) is 0 Å². The molecular formula is C37H39N9O3. The molecule has 0 atom stereocenters. The average molecular weight is 658 g/mol. The lowest BCUT2D eigenvalue weighted by molar-refractivity contribution is -0.117. The first kappa shape index (κ1) is 33.0. The summed E-state index contributed by atoms with van der Waals surface area (Å²) in [6.45, 7) is 7.57. The molecule has 12 heteroatoms. The van der Waals surface area contributed by atoms with Crippen molar-refractivity contribution in [3.8, 4) is 5.69 Å². The van der Waals surface area contributed by atoms with E-state index < -0.39 is 5.63 Å². The molecule has 0 aliphatic carbocycles. The van der Waals surface area contributed by atoms with Crippen LogP contribution in [0, 0.1) is 0 Å². The van der Waals surface area contributed by atoms with Gasteiger partial charge in [-0.1, -0.05) is 17.3 Å². The molecule has 0 spiro atoms. The molecule has 0 aliphatic rings. The van der Waals surface area contributed by atoms with Crippen LogP contribution in [0.2, 0.25) is 0 Å². The monoisotopic (exact) mass is 657 g/mol. The predicted octanol–water partition coefficient (Wildman–Crippen LogP) is 5.29. The van der Waals surface area contributed by atoms with E-state index in [1.807, 2.05) is 95.7 Å². The first-order valence-electron chi connectivity index (χ1n) is 16.3. The molecule has 12 nitrogen and oxygen atoms in total. The molecular weight excluding hydrogens is 618 g/mol. The molecule has 4 aromatic heterocycles. The van der Waals surface area contributed by atoms with Crippen molar-refractivity contribution in [3.63, 3.8) is 0 Å². The Hall–Kier alpha value is -5.88. The maximum atomic E-state index is 13.1. The molecule has 0 aliphatic heterocycles. The lowest BCUT2D eigenvalue weighted by Gasteiger charge is -2.21. The summed E-state index contributed by atoms with van der Waals surface area (Å²) in [7, 11) is 1.94. The molecule has 1 N–H and O–H groups in total. The zero-order chi connectivity index (χ0) is 34.2. The van der Waals surface area contributed by atoms with E-state index in [-0.39, 0.29) is 12.5 Å². The van der Waals surface area contributed by atoms with Gasteiger partial charge in [-0.05, 0) is 80.6 Å². The smallest absolute Gasteiger partial charge is 0.362 e. The highest BCUT2D eigenvalue weighted by Gasteiger charge is 2.16. The second-order valence-corrected chi connectivity index (χ2v) is 11.7. The van der Waals surface area contributed by atoms with Crippen molar-refractivity contribution in [1.29, 1.82) is 0 Å². The Balaban J connectivity index is 1.07. The van der Waals surface area contributed by atoms with Crippen molar-refractivity contribution < 1.29 is 9.21 Å². The van der Waals surface area contributed by atoms with Crippen LogP contribution in [0.1, 0.15) is 30.9 Å². The van der Waals surface area contributed by atoms with Crippen LogP contribution in [-0.2, 0) is 24.4 Å². The van der Waals surface area contributed by atoms with Crippen LogP contribution in [0.3, 0.4) is 0 Å². The summed E-state index contributed by atoms with van der Waals surface area (Å²) in [5.41, 5.74) is 5.40. The summed E-state index contributed by atoms with van der Waals surface area (Å²) in [5, 5.41) is 12.3. The largest absolute Gasteiger partial charge is 0.421 e. The van der Waals surface area contributed by atoms with Gasteiger partial charge in [-0.3, -0.25) is 19.7 Å². The average Bonchev–Trinajstić information content (AvgIpc) is 3.57. The van der Waals surface area contributed by atoms with Gasteiger partial charge in [0.15, 0.2) is 5.69 Å². The van der Waals surface area contributed by atoms with Crippen molar-refractivity contribution in [1.82, 2.24) is 29.9 Å². The molecule has 0 fully saturated rings. The van der Waals surface area contributed by atoms with Gasteiger partial charge in [0.25, 0.3) is 0 Å². The molecule has 250 valence electrons. The second-order valence-electron chi connectivity index (χ2n) is 11.7. The number of aromatic nitrogens is 5. The zero-order valence-electron chi connectivity index (χ0n) is 27.9. The third-order valence-electron chi connectivity index (χ3n) is 8.20. The highest BCUT2D eigenvalue weighted by molar-refractivity contribution is 5.92. The molecule has 49 heavy (non-hydrogen) atoms. The van der Waals surface area contributed by atoms with E-state index >= 15 is 0 Å². The van der Waals surface area contributed by atoms with Crippen molar-refractivity contribution in [3.05, 3.63) is 131 Å². The lowest BCUT2D eigenvalue weighted by Crippen LogP contribution is -2.33. The van der Waals surface area contributed by atoms with Crippen molar-refractivity contribution >= 4 is 33.9 Å². The minimum Gasteiger partial charge on any atom is -0.421 e. The Bertz CT molecular complexity index is 2000. The van der Waals surface area contributed by atoms with Crippen LogP contribution < -0.4 is 20.7 Å². The molecule has 2 aromatic carbocycles. The normalized spacial score (nSPS) is 11.2. The summed E-state index contributed by atoms with van der Waals surface area (Å²) in [4.78, 5) is 41.1. The number of amides is 1. The van der Waals surface area contributed by atoms with E-state index in [0.717, 1.165) is 41.2 Å². The number of hydrogen-bond acceptors (Lipinski definition) is 10. The first-order valence-corrected chi connectivity index (χ1v) is 16.3. The minimum atomic E-state index is -0.483. The van der Waals surface area contributed by atoms with Gasteiger partial charge in [-0.25, -0.2) is 9.48 Å². The number of benzene rings is 2. The van der Waals surface area contributed by atoms with Gasteiger partial charge in [0.1, 0.15) is 11.3 Å². The maximum Gasteiger partial charge on any atom is 0.362 e. The van der Waals surface area contributed by atoms with Crippen LogP contribution in [0.25, 0.3) is 16.7 Å². The van der Waals surface area contributed by atoms with E-state index in [0.29, 0.717) is 42.3 Å². The predicted molar refractivity (Wildman–Crippen MR) is 191 cm³/mol. The minimum absolute atomic E-state index is 0.132. The molecule has 6 aromatic rings. The van der Waals surface area contributed by atoms with Crippen LogP contribution >= 0.6 is 0 Å². The summed E-state index contributed by atoms with van der Waals surface area (Å²) in [6.07, 6.45) is 5.23. The molecule has 6 rings (SSSR count). The van der Waals surface area contributed by atoms with Crippen LogP contribution in [-0.4, -0.2) is 62.5 Å². The number of carbonyl (C=O) groups is 1. The molecule has 0 unspecified atom stereocenters. The summed E-state index contributed by atoms with van der Waals surface area (Å²) in [5.74, 6) is -0.132. The lowest BCUT2D eigenvalue weighted by atomic mass is 10.2. The zero-order valence-corrected chi connectivity index (χ0v) is 27.9. The highest BCUT2D eigenvalue weighted by Crippen LogP contribution is 2.23. The number of fused-ring (bicyclic) bond motifs is 1. The van der Waals surface area contributed by atoms with E-state index in [4.69, 9.17) is 4.42 Å². The van der Waals surface area contributed by atoms with Crippen molar-refractivity contribution in [2.75, 3.05) is 41.8 Å². The summed E-state index contributed by atoms with van der Waals surface area (Å²) in [6, 6.07) is 26.8. The molecule has 0 bridgehead atoms. The Morgan fingerprint density at radius 3 is 2.12 bits per heavy atom. The van der Waals surface area contributed by atoms with Gasteiger partial charge in [0.2, 0.25) is 5.91 Å². The third kappa shape index (κ3) is 8.35. The van der Waals surface area contributed by atoms with Crippen LogP contribution in [0.15, 0.2) is 113 Å². The van der Waals surface area contributed by atoms with E-state index in [1.54, 1.807) is 24.7 Å². The van der Waals surface area contributed by atoms with Gasteiger partial charge in [0, 0.05) is 74.1 Å². The van der Waals surface area contributed by atoms with Gasteiger partial charge in [-0.15, -0.1) is 5.10 Å². The Morgan fingerprint density at radius 2 is 1.49 bits per heavy atom. The first-order chi connectivity index (χ1) is 23.9. The number of nitrogens with one attached hydrogen (secondary N) is 1. The number of anilines is 3. The SMILES string of the molecule is CCN(CC)c1ccc2cc(-n3cc(CN(C)c4ccc(NC(=O)CN(Cc5ccccn5)Cc5ccccn5)cc4)nn3)c(=O)oc2c1. The summed E-state index contributed by atoms with van der Waals surface area (Å²) >= 11 is 0. The van der Waals surface area contributed by atoms with Gasteiger partial charge in [0.05, 0.1) is 30.7 Å². The van der Waals surface area contributed by atoms with E-state index in [1.165, 1.54) is 4.68 Å². The molecule has 0 saturated heterocycles. The number of nitrogens with zero attached hydrogens (tertiary/aromatic N) is 8. The van der Waals surface area contributed by atoms with Crippen molar-refractivity contribution in [2.24, 2.45) is 0 Å². The fraction of sp³-hybridized carbons (Fsp3) is 0.243. The number of hydrogen-bond donors (Lipinski definition) is 1. The standard InChI is InChI=1S/C37H39N9O3/c1-4-45(5-2)33-15-12-27-20-34(37(48)49-35(27)21-33)46-25-31(41-42-46)22-43(3)32-16-13-28(14-17-32)40-36(47)26-44(23-29-10-6-8-18-38-29)24-30-11-7-9-19-39-30/h6-21,25H,4-5,22-24,26H2,1-3H3,(H,40,47). The second kappa shape index (κ2) is 15.3. The third-order valence-corrected chi connectivity index (χ3v) is 8.20. The molecule has 1 amide bonds. The number of pyridine rings is 2. The Kier molecular flexibility index (Phi) is 10.3. The summed E-state index contributed by atoms with van der Waals surface area (Å²) < 4.78 is 7.14. The Labute approximate surface area is 284 Å². The van der Waals surface area contributed by atoms with E-state index in [9.17, 15) is 9.59 Å². The number of rotatable bonds is 14. The van der Waals surface area contributed by atoms with Crippen LogP contribution in [0.4, 0.5) is 17.1 Å². The van der Waals surface area contributed by atoms with Gasteiger partial charge in [-0.2, -0.15) is 0 Å². The fourth-order valence-electron chi connectivity index (χ4n) is 5.67. The Morgan fingerprint density at radius 1 is 0.816 bits per heavy atom. The van der Waals surface area contributed by atoms with E-state index in [2.05, 4.69) is 44.3 Å². The quantitative estimate of drug-likeness (QED) is 0.155. The number of carbonyl (C=O) groups excluding carboxylic acids is 1.